The second kappa shape index (κ2) is 7.26. The van der Waals surface area contributed by atoms with Crippen molar-refractivity contribution < 1.29 is 23.1 Å². The van der Waals surface area contributed by atoms with E-state index in [0.29, 0.717) is 19.2 Å². The topological polar surface area (TPSA) is 65.5 Å². The van der Waals surface area contributed by atoms with Gasteiger partial charge < -0.3 is 15.3 Å². The predicted molar refractivity (Wildman–Crippen MR) is 72.5 cm³/mol. The van der Waals surface area contributed by atoms with Crippen LogP contribution in [-0.2, 0) is 6.18 Å². The van der Waals surface area contributed by atoms with E-state index in [1.807, 2.05) is 13.8 Å². The summed E-state index contributed by atoms with van der Waals surface area (Å²) >= 11 is 0. The average Bonchev–Trinajstić information content (AvgIpc) is 2.42. The lowest BCUT2D eigenvalue weighted by Gasteiger charge is -2.19. The van der Waals surface area contributed by atoms with Crippen molar-refractivity contribution in [2.24, 2.45) is 0 Å². The lowest BCUT2D eigenvalue weighted by Crippen LogP contribution is -2.29. The third-order valence-electron chi connectivity index (χ3n) is 3.03. The number of aromatic nitrogens is 1. The Balaban J connectivity index is 2.89. The van der Waals surface area contributed by atoms with Crippen LogP contribution >= 0.6 is 0 Å². The Morgan fingerprint density at radius 3 is 2.43 bits per heavy atom. The van der Waals surface area contributed by atoms with Gasteiger partial charge in [0.25, 0.3) is 0 Å². The molecule has 0 amide bonds. The third kappa shape index (κ3) is 4.89. The summed E-state index contributed by atoms with van der Waals surface area (Å²) < 4.78 is 37.8. The molecule has 0 saturated carbocycles. The van der Waals surface area contributed by atoms with Crippen molar-refractivity contribution >= 4 is 11.8 Å². The lowest BCUT2D eigenvalue weighted by atomic mass is 10.2. The van der Waals surface area contributed by atoms with Crippen molar-refractivity contribution in [1.82, 2.24) is 9.88 Å². The first-order valence-electron chi connectivity index (χ1n) is 6.57. The van der Waals surface area contributed by atoms with Crippen LogP contribution in [0.3, 0.4) is 0 Å². The first-order chi connectivity index (χ1) is 9.79. The second-order valence-corrected chi connectivity index (χ2v) is 4.35. The number of hydrogen-bond acceptors (Lipinski definition) is 4. The van der Waals surface area contributed by atoms with Gasteiger partial charge in [-0.15, -0.1) is 0 Å². The molecular formula is C13H18F3N3O2. The number of carboxylic acids is 1. The van der Waals surface area contributed by atoms with Crippen LogP contribution in [0.2, 0.25) is 0 Å². The highest BCUT2D eigenvalue weighted by atomic mass is 19.4. The lowest BCUT2D eigenvalue weighted by molar-refractivity contribution is -0.141. The van der Waals surface area contributed by atoms with Crippen molar-refractivity contribution in [2.75, 3.05) is 31.5 Å². The van der Waals surface area contributed by atoms with E-state index < -0.39 is 17.8 Å². The van der Waals surface area contributed by atoms with Gasteiger partial charge in [0.1, 0.15) is 17.1 Å². The number of alkyl halides is 3. The predicted octanol–water partition coefficient (Wildman–Crippen LogP) is 2.55. The molecule has 0 radical (unpaired) electrons. The Labute approximate surface area is 120 Å². The van der Waals surface area contributed by atoms with E-state index in [2.05, 4.69) is 15.2 Å². The standard InChI is InChI=1S/C13H18F3N3O2/c1-3-19(4-2)8-7-17-11-9(12(20)21)5-6-10(18-11)13(14,15)16/h5-6H,3-4,7-8H2,1-2H3,(H,17,18)(H,20,21). The molecule has 1 heterocycles. The summed E-state index contributed by atoms with van der Waals surface area (Å²) in [6.45, 7) is 6.45. The van der Waals surface area contributed by atoms with Crippen LogP contribution in [0.15, 0.2) is 12.1 Å². The van der Waals surface area contributed by atoms with Gasteiger partial charge in [0.2, 0.25) is 0 Å². The third-order valence-corrected chi connectivity index (χ3v) is 3.03. The molecule has 2 N–H and O–H groups in total. The number of anilines is 1. The fourth-order valence-corrected chi connectivity index (χ4v) is 1.80. The zero-order valence-corrected chi connectivity index (χ0v) is 11.9. The van der Waals surface area contributed by atoms with E-state index in [1.165, 1.54) is 0 Å². The molecule has 0 fully saturated rings. The molecule has 5 nitrogen and oxygen atoms in total. The fourth-order valence-electron chi connectivity index (χ4n) is 1.80. The fraction of sp³-hybridized carbons (Fsp3) is 0.538. The Hall–Kier alpha value is -1.83. The molecule has 0 atom stereocenters. The monoisotopic (exact) mass is 305 g/mol. The Morgan fingerprint density at radius 1 is 1.33 bits per heavy atom. The van der Waals surface area contributed by atoms with E-state index in [9.17, 15) is 18.0 Å². The molecule has 118 valence electrons. The highest BCUT2D eigenvalue weighted by Gasteiger charge is 2.33. The molecule has 8 heteroatoms. The molecule has 0 aliphatic carbocycles. The van der Waals surface area contributed by atoms with Crippen LogP contribution in [0.1, 0.15) is 29.9 Å². The van der Waals surface area contributed by atoms with Gasteiger partial charge in [-0.2, -0.15) is 13.2 Å². The number of hydrogen-bond donors (Lipinski definition) is 2. The Bertz CT molecular complexity index is 488. The van der Waals surface area contributed by atoms with E-state index in [4.69, 9.17) is 5.11 Å². The SMILES string of the molecule is CCN(CC)CCNc1nc(C(F)(F)F)ccc1C(=O)O. The number of rotatable bonds is 7. The van der Waals surface area contributed by atoms with Crippen LogP contribution in [0.5, 0.6) is 0 Å². The summed E-state index contributed by atoms with van der Waals surface area (Å²) in [7, 11) is 0. The van der Waals surface area contributed by atoms with Gasteiger partial charge in [0.05, 0.1) is 0 Å². The molecule has 0 saturated heterocycles. The molecule has 1 aromatic rings. The first kappa shape index (κ1) is 17.2. The molecule has 0 aliphatic heterocycles. The number of carboxylic acid groups (broad SMARTS) is 1. The Morgan fingerprint density at radius 2 is 1.95 bits per heavy atom. The van der Waals surface area contributed by atoms with Crippen LogP contribution in [0, 0.1) is 0 Å². The number of nitrogens with zero attached hydrogens (tertiary/aromatic N) is 2. The molecule has 0 unspecified atom stereocenters. The smallest absolute Gasteiger partial charge is 0.433 e. The second-order valence-electron chi connectivity index (χ2n) is 4.35. The van der Waals surface area contributed by atoms with Crippen molar-refractivity contribution in [3.63, 3.8) is 0 Å². The molecule has 21 heavy (non-hydrogen) atoms. The van der Waals surface area contributed by atoms with Crippen LogP contribution in [-0.4, -0.2) is 47.1 Å². The van der Waals surface area contributed by atoms with E-state index >= 15 is 0 Å². The molecule has 1 rings (SSSR count). The number of halogens is 3. The average molecular weight is 305 g/mol. The van der Waals surface area contributed by atoms with Gasteiger partial charge >= 0.3 is 12.1 Å². The molecule has 0 aliphatic rings. The van der Waals surface area contributed by atoms with Crippen LogP contribution in [0.4, 0.5) is 19.0 Å². The maximum Gasteiger partial charge on any atom is 0.433 e. The van der Waals surface area contributed by atoms with Crippen LogP contribution in [0.25, 0.3) is 0 Å². The van der Waals surface area contributed by atoms with Crippen molar-refractivity contribution in [2.45, 2.75) is 20.0 Å². The number of carbonyl (C=O) groups is 1. The molecule has 1 aromatic heterocycles. The minimum absolute atomic E-state index is 0.260. The summed E-state index contributed by atoms with van der Waals surface area (Å²) in [4.78, 5) is 16.5. The van der Waals surface area contributed by atoms with Gasteiger partial charge in [-0.1, -0.05) is 13.8 Å². The first-order valence-corrected chi connectivity index (χ1v) is 6.57. The highest BCUT2D eigenvalue weighted by Crippen LogP contribution is 2.29. The zero-order chi connectivity index (χ0) is 16.0. The zero-order valence-electron chi connectivity index (χ0n) is 11.9. The maximum atomic E-state index is 12.6. The van der Waals surface area contributed by atoms with Crippen molar-refractivity contribution in [1.29, 1.82) is 0 Å². The minimum Gasteiger partial charge on any atom is -0.478 e. The van der Waals surface area contributed by atoms with Crippen molar-refractivity contribution in [3.8, 4) is 0 Å². The summed E-state index contributed by atoms with van der Waals surface area (Å²) in [5.41, 5.74) is -1.39. The summed E-state index contributed by atoms with van der Waals surface area (Å²) in [5.74, 6) is -1.58. The number of pyridine rings is 1. The summed E-state index contributed by atoms with van der Waals surface area (Å²) in [6, 6.07) is 1.58. The van der Waals surface area contributed by atoms with Crippen LogP contribution < -0.4 is 5.32 Å². The minimum atomic E-state index is -4.60. The summed E-state index contributed by atoms with van der Waals surface area (Å²) in [5, 5.41) is 11.7. The van der Waals surface area contributed by atoms with E-state index in [0.717, 1.165) is 19.2 Å². The molecule has 0 aromatic carbocycles. The van der Waals surface area contributed by atoms with E-state index in [-0.39, 0.29) is 11.4 Å². The highest BCUT2D eigenvalue weighted by molar-refractivity contribution is 5.93. The van der Waals surface area contributed by atoms with Gasteiger partial charge in [0.15, 0.2) is 0 Å². The molecule has 0 bridgehead atoms. The Kier molecular flexibility index (Phi) is 5.95. The molecular weight excluding hydrogens is 287 g/mol. The van der Waals surface area contributed by atoms with Gasteiger partial charge in [0, 0.05) is 13.1 Å². The number of likely N-dealkylation sites (N-methyl/N-ethyl adjacent to an activating group) is 1. The number of aromatic carboxylic acids is 1. The van der Waals surface area contributed by atoms with E-state index in [1.54, 1.807) is 0 Å². The normalized spacial score (nSPS) is 11.7. The largest absolute Gasteiger partial charge is 0.478 e. The molecule has 0 spiro atoms. The maximum absolute atomic E-state index is 12.6. The van der Waals surface area contributed by atoms with Crippen molar-refractivity contribution in [3.05, 3.63) is 23.4 Å². The number of nitrogens with one attached hydrogen (secondary N) is 1. The quantitative estimate of drug-likeness (QED) is 0.810. The van der Waals surface area contributed by atoms with Gasteiger partial charge in [-0.05, 0) is 25.2 Å². The van der Waals surface area contributed by atoms with Gasteiger partial charge in [-0.3, -0.25) is 0 Å². The summed E-state index contributed by atoms with van der Waals surface area (Å²) in [6.07, 6.45) is -4.60. The van der Waals surface area contributed by atoms with Gasteiger partial charge in [-0.25, -0.2) is 9.78 Å².